The lowest BCUT2D eigenvalue weighted by atomic mass is 9.80. The average molecular weight is 251 g/mol. The van der Waals surface area contributed by atoms with E-state index in [1.807, 2.05) is 12.1 Å². The van der Waals surface area contributed by atoms with Crippen LogP contribution in [0.25, 0.3) is 0 Å². The van der Waals surface area contributed by atoms with E-state index in [2.05, 4.69) is 0 Å². The van der Waals surface area contributed by atoms with Crippen LogP contribution in [0.2, 0.25) is 0 Å². The Balaban J connectivity index is 2.11. The summed E-state index contributed by atoms with van der Waals surface area (Å²) in [6.45, 7) is 0. The van der Waals surface area contributed by atoms with E-state index in [0.717, 1.165) is 31.2 Å². The van der Waals surface area contributed by atoms with Gasteiger partial charge in [0.2, 0.25) is 0 Å². The lowest BCUT2D eigenvalue weighted by Crippen LogP contribution is -2.43. The van der Waals surface area contributed by atoms with Gasteiger partial charge in [0.05, 0.1) is 10.6 Å². The van der Waals surface area contributed by atoms with Crippen molar-refractivity contribution in [2.24, 2.45) is 5.73 Å². The lowest BCUT2D eigenvalue weighted by molar-refractivity contribution is 0.374. The third-order valence-corrected chi connectivity index (χ3v) is 6.06. The first-order chi connectivity index (χ1) is 8.03. The Morgan fingerprint density at radius 2 is 1.82 bits per heavy atom. The molecule has 92 valence electrons. The van der Waals surface area contributed by atoms with Crippen LogP contribution < -0.4 is 5.73 Å². The van der Waals surface area contributed by atoms with E-state index >= 15 is 0 Å². The summed E-state index contributed by atoms with van der Waals surface area (Å²) in [5.41, 5.74) is 7.07. The van der Waals surface area contributed by atoms with Crippen molar-refractivity contribution in [3.63, 3.8) is 0 Å². The van der Waals surface area contributed by atoms with Crippen LogP contribution in [0.5, 0.6) is 0 Å². The van der Waals surface area contributed by atoms with Crippen LogP contribution in [0, 0.1) is 0 Å². The molecule has 0 spiro atoms. The number of fused-ring (bicyclic) bond motifs is 1. The maximum Gasteiger partial charge on any atom is 0.179 e. The Morgan fingerprint density at radius 1 is 1.18 bits per heavy atom. The van der Waals surface area contributed by atoms with Gasteiger partial charge in [-0.15, -0.1) is 0 Å². The molecule has 1 aliphatic carbocycles. The minimum atomic E-state index is -3.11. The molecule has 1 saturated carbocycles. The molecular formula is C13H17NO2S. The maximum atomic E-state index is 12.1. The Kier molecular flexibility index (Phi) is 2.35. The number of hydrogen-bond donors (Lipinski definition) is 1. The van der Waals surface area contributed by atoms with Gasteiger partial charge in [0.1, 0.15) is 0 Å². The summed E-state index contributed by atoms with van der Waals surface area (Å²) >= 11 is 0. The number of nitrogens with two attached hydrogens (primary N) is 1. The highest BCUT2D eigenvalue weighted by Crippen LogP contribution is 2.46. The molecular weight excluding hydrogens is 234 g/mol. The average Bonchev–Trinajstić information content (AvgIpc) is 2.84. The number of sulfone groups is 1. The van der Waals surface area contributed by atoms with Crippen molar-refractivity contribution in [2.45, 2.75) is 42.0 Å². The highest BCUT2D eigenvalue weighted by Gasteiger charge is 2.46. The van der Waals surface area contributed by atoms with Gasteiger partial charge in [0, 0.05) is 11.5 Å². The molecule has 4 heteroatoms. The predicted octanol–water partition coefficient (Wildman–Crippen LogP) is 1.83. The molecule has 17 heavy (non-hydrogen) atoms. The lowest BCUT2D eigenvalue weighted by Gasteiger charge is -2.30. The van der Waals surface area contributed by atoms with Gasteiger partial charge in [-0.3, -0.25) is 0 Å². The largest absolute Gasteiger partial charge is 0.325 e. The molecule has 1 fully saturated rings. The summed E-state index contributed by atoms with van der Waals surface area (Å²) in [6.07, 6.45) is 4.13. The summed E-state index contributed by atoms with van der Waals surface area (Å²) in [5, 5.41) is 0. The predicted molar refractivity (Wildman–Crippen MR) is 66.6 cm³/mol. The number of rotatable bonds is 1. The SMILES string of the molecule is NC1(C2CS(=O)(=O)c3ccccc32)CCCC1. The molecule has 2 aliphatic rings. The van der Waals surface area contributed by atoms with Crippen LogP contribution in [0.15, 0.2) is 29.2 Å². The Hall–Kier alpha value is -0.870. The fourth-order valence-corrected chi connectivity index (χ4v) is 5.29. The molecule has 0 aromatic heterocycles. The fraction of sp³-hybridized carbons (Fsp3) is 0.538. The quantitative estimate of drug-likeness (QED) is 0.828. The topological polar surface area (TPSA) is 60.2 Å². The Morgan fingerprint density at radius 3 is 2.53 bits per heavy atom. The summed E-state index contributed by atoms with van der Waals surface area (Å²) in [5.74, 6) is 0.189. The van der Waals surface area contributed by atoms with Gasteiger partial charge >= 0.3 is 0 Å². The van der Waals surface area contributed by atoms with Gasteiger partial charge in [0.15, 0.2) is 9.84 Å². The third kappa shape index (κ3) is 1.62. The van der Waals surface area contributed by atoms with Crippen molar-refractivity contribution < 1.29 is 8.42 Å². The second-order valence-electron chi connectivity index (χ2n) is 5.31. The van der Waals surface area contributed by atoms with Crippen molar-refractivity contribution in [3.8, 4) is 0 Å². The molecule has 1 aliphatic heterocycles. The summed E-state index contributed by atoms with van der Waals surface area (Å²) in [7, 11) is -3.11. The van der Waals surface area contributed by atoms with E-state index in [4.69, 9.17) is 5.73 Å². The molecule has 0 saturated heterocycles. The first kappa shape index (κ1) is 11.2. The highest BCUT2D eigenvalue weighted by atomic mass is 32.2. The van der Waals surface area contributed by atoms with Crippen LogP contribution in [0.1, 0.15) is 37.2 Å². The highest BCUT2D eigenvalue weighted by molar-refractivity contribution is 7.91. The van der Waals surface area contributed by atoms with E-state index in [1.54, 1.807) is 12.1 Å². The second-order valence-corrected chi connectivity index (χ2v) is 7.31. The molecule has 1 aromatic rings. The molecule has 3 rings (SSSR count). The van der Waals surface area contributed by atoms with Crippen LogP contribution >= 0.6 is 0 Å². The molecule has 1 unspecified atom stereocenters. The minimum absolute atomic E-state index is 0.00815. The van der Waals surface area contributed by atoms with Crippen molar-refractivity contribution in [2.75, 3.05) is 5.75 Å². The van der Waals surface area contributed by atoms with Gasteiger partial charge in [0.25, 0.3) is 0 Å². The van der Waals surface area contributed by atoms with Crippen molar-refractivity contribution in [1.29, 1.82) is 0 Å². The van der Waals surface area contributed by atoms with E-state index in [1.165, 1.54) is 0 Å². The van der Waals surface area contributed by atoms with Crippen molar-refractivity contribution in [1.82, 2.24) is 0 Å². The Bertz CT molecular complexity index is 544. The van der Waals surface area contributed by atoms with Gasteiger partial charge in [-0.25, -0.2) is 8.42 Å². The maximum absolute atomic E-state index is 12.1. The van der Waals surface area contributed by atoms with Gasteiger partial charge < -0.3 is 5.73 Å². The summed E-state index contributed by atoms with van der Waals surface area (Å²) in [4.78, 5) is 0.502. The zero-order chi connectivity index (χ0) is 12.1. The van der Waals surface area contributed by atoms with Crippen molar-refractivity contribution >= 4 is 9.84 Å². The van der Waals surface area contributed by atoms with Crippen LogP contribution in [0.4, 0.5) is 0 Å². The van der Waals surface area contributed by atoms with Crippen molar-refractivity contribution in [3.05, 3.63) is 29.8 Å². The third-order valence-electron chi connectivity index (χ3n) is 4.24. The Labute approximate surface area is 102 Å². The second kappa shape index (κ2) is 3.56. The molecule has 0 bridgehead atoms. The molecule has 1 aromatic carbocycles. The van der Waals surface area contributed by atoms with E-state index in [9.17, 15) is 8.42 Å². The van der Waals surface area contributed by atoms with Gasteiger partial charge in [-0.2, -0.15) is 0 Å². The minimum Gasteiger partial charge on any atom is -0.325 e. The zero-order valence-corrected chi connectivity index (χ0v) is 10.5. The van der Waals surface area contributed by atoms with Crippen LogP contribution in [0.3, 0.4) is 0 Å². The van der Waals surface area contributed by atoms with E-state index in [-0.39, 0.29) is 17.2 Å². The van der Waals surface area contributed by atoms with Crippen LogP contribution in [-0.2, 0) is 9.84 Å². The first-order valence-electron chi connectivity index (χ1n) is 6.13. The van der Waals surface area contributed by atoms with E-state index in [0.29, 0.717) is 4.90 Å². The number of benzene rings is 1. The van der Waals surface area contributed by atoms with E-state index < -0.39 is 9.84 Å². The molecule has 1 atom stereocenters. The molecule has 2 N–H and O–H groups in total. The molecule has 3 nitrogen and oxygen atoms in total. The normalized spacial score (nSPS) is 29.1. The molecule has 0 amide bonds. The molecule has 0 radical (unpaired) electrons. The number of hydrogen-bond acceptors (Lipinski definition) is 3. The summed E-state index contributed by atoms with van der Waals surface area (Å²) < 4.78 is 24.2. The monoisotopic (exact) mass is 251 g/mol. The summed E-state index contributed by atoms with van der Waals surface area (Å²) in [6, 6.07) is 7.34. The standard InChI is InChI=1S/C13H17NO2S/c14-13(7-3-4-8-13)11-9-17(15,16)12-6-2-1-5-10(11)12/h1-2,5-6,11H,3-4,7-9,14H2. The fourth-order valence-electron chi connectivity index (χ4n) is 3.31. The zero-order valence-electron chi connectivity index (χ0n) is 9.72. The molecule has 1 heterocycles. The van der Waals surface area contributed by atoms with Gasteiger partial charge in [-0.05, 0) is 24.5 Å². The van der Waals surface area contributed by atoms with Gasteiger partial charge in [-0.1, -0.05) is 31.0 Å². The first-order valence-corrected chi connectivity index (χ1v) is 7.79. The van der Waals surface area contributed by atoms with Crippen LogP contribution in [-0.4, -0.2) is 19.7 Å². The smallest absolute Gasteiger partial charge is 0.179 e.